The van der Waals surface area contributed by atoms with Gasteiger partial charge >= 0.3 is 0 Å². The minimum absolute atomic E-state index is 0.286. The number of amides is 1. The van der Waals surface area contributed by atoms with Gasteiger partial charge in [-0.3, -0.25) is 10.1 Å². The fourth-order valence-corrected chi connectivity index (χ4v) is 3.90. The lowest BCUT2D eigenvalue weighted by Gasteiger charge is -2.20. The van der Waals surface area contributed by atoms with E-state index in [2.05, 4.69) is 10.3 Å². The van der Waals surface area contributed by atoms with Gasteiger partial charge in [0.15, 0.2) is 16.6 Å². The molecule has 8 heteroatoms. The zero-order valence-corrected chi connectivity index (χ0v) is 18.2. The molecule has 4 rings (SSSR count). The summed E-state index contributed by atoms with van der Waals surface area (Å²) in [5, 5.41) is 5.20. The quantitative estimate of drug-likeness (QED) is 0.569. The Labute approximate surface area is 184 Å². The number of nitrogens with one attached hydrogen (secondary N) is 1. The molecule has 3 aromatic rings. The molecule has 7 nitrogen and oxygen atoms in total. The molecule has 160 valence electrons. The van der Waals surface area contributed by atoms with Gasteiger partial charge < -0.3 is 18.9 Å². The van der Waals surface area contributed by atoms with Crippen LogP contribution in [0.25, 0.3) is 17.3 Å². The Morgan fingerprint density at radius 2 is 1.94 bits per heavy atom. The van der Waals surface area contributed by atoms with Gasteiger partial charge in [0.1, 0.15) is 19.0 Å². The van der Waals surface area contributed by atoms with E-state index >= 15 is 0 Å². The average Bonchev–Trinajstić information content (AvgIpc) is 3.25. The van der Waals surface area contributed by atoms with Gasteiger partial charge in [0.05, 0.1) is 19.9 Å². The number of ether oxygens (including phenoxy) is 4. The van der Waals surface area contributed by atoms with Crippen molar-refractivity contribution in [1.82, 2.24) is 4.98 Å². The van der Waals surface area contributed by atoms with Crippen LogP contribution in [-0.4, -0.2) is 38.3 Å². The van der Waals surface area contributed by atoms with Gasteiger partial charge in [0.25, 0.3) is 0 Å². The van der Waals surface area contributed by atoms with Crippen LogP contribution in [0.5, 0.6) is 23.0 Å². The summed E-state index contributed by atoms with van der Waals surface area (Å²) in [6, 6.07) is 9.51. The average molecular weight is 439 g/mol. The van der Waals surface area contributed by atoms with Crippen LogP contribution in [0.1, 0.15) is 11.1 Å². The Balaban J connectivity index is 1.48. The van der Waals surface area contributed by atoms with Gasteiger partial charge in [-0.05, 0) is 42.8 Å². The Kier molecular flexibility index (Phi) is 6.08. The molecule has 0 fully saturated rings. The molecule has 1 aliphatic heterocycles. The molecule has 1 aromatic heterocycles. The van der Waals surface area contributed by atoms with E-state index in [4.69, 9.17) is 18.9 Å². The zero-order valence-electron chi connectivity index (χ0n) is 17.4. The van der Waals surface area contributed by atoms with Gasteiger partial charge in [-0.15, -0.1) is 11.3 Å². The first-order chi connectivity index (χ1) is 15.1. The molecule has 1 amide bonds. The van der Waals surface area contributed by atoms with Crippen LogP contribution in [0, 0.1) is 6.92 Å². The van der Waals surface area contributed by atoms with Gasteiger partial charge in [-0.1, -0.05) is 11.6 Å². The number of aromatic nitrogens is 1. The number of carbonyl (C=O) groups is 1. The highest BCUT2D eigenvalue weighted by Crippen LogP contribution is 2.40. The van der Waals surface area contributed by atoms with Gasteiger partial charge in [0.2, 0.25) is 11.7 Å². The summed E-state index contributed by atoms with van der Waals surface area (Å²) in [5.41, 5.74) is 3.51. The first kappa shape index (κ1) is 20.7. The first-order valence-electron chi connectivity index (χ1n) is 9.64. The Morgan fingerprint density at radius 1 is 1.13 bits per heavy atom. The third-order valence-corrected chi connectivity index (χ3v) is 5.40. The summed E-state index contributed by atoms with van der Waals surface area (Å²) < 4.78 is 22.0. The molecule has 0 unspecified atom stereocenters. The fraction of sp³-hybridized carbons (Fsp3) is 0.217. The van der Waals surface area contributed by atoms with E-state index in [1.54, 1.807) is 26.4 Å². The van der Waals surface area contributed by atoms with Crippen molar-refractivity contribution in [3.63, 3.8) is 0 Å². The van der Waals surface area contributed by atoms with Crippen molar-refractivity contribution in [2.24, 2.45) is 0 Å². The normalized spacial score (nSPS) is 12.6. The SMILES string of the molecule is COc1ccc(C)cc1-c1csc(NC(=O)/C=C/c2cc(OC)c3c(c2)OCCO3)n1. The second kappa shape index (κ2) is 9.09. The number of carbonyl (C=O) groups excluding carboxylic acids is 1. The molecule has 0 radical (unpaired) electrons. The number of nitrogens with zero attached hydrogens (tertiary/aromatic N) is 1. The number of anilines is 1. The third-order valence-electron chi connectivity index (χ3n) is 4.64. The molecule has 0 atom stereocenters. The number of hydrogen-bond acceptors (Lipinski definition) is 7. The van der Waals surface area contributed by atoms with Crippen molar-refractivity contribution in [2.75, 3.05) is 32.8 Å². The van der Waals surface area contributed by atoms with Crippen molar-refractivity contribution < 1.29 is 23.7 Å². The maximum absolute atomic E-state index is 12.4. The molecule has 1 aliphatic rings. The largest absolute Gasteiger partial charge is 0.496 e. The first-order valence-corrected chi connectivity index (χ1v) is 10.5. The van der Waals surface area contributed by atoms with E-state index in [9.17, 15) is 4.79 Å². The van der Waals surface area contributed by atoms with Crippen LogP contribution in [0.3, 0.4) is 0 Å². The van der Waals surface area contributed by atoms with E-state index in [0.29, 0.717) is 35.6 Å². The number of methoxy groups -OCH3 is 2. The van der Waals surface area contributed by atoms with Crippen LogP contribution >= 0.6 is 11.3 Å². The maximum Gasteiger partial charge on any atom is 0.250 e. The molecular weight excluding hydrogens is 416 g/mol. The molecular formula is C23H22N2O5S. The van der Waals surface area contributed by atoms with Crippen LogP contribution in [0.15, 0.2) is 41.8 Å². The zero-order chi connectivity index (χ0) is 21.8. The van der Waals surface area contributed by atoms with Crippen molar-refractivity contribution >= 4 is 28.5 Å². The summed E-state index contributed by atoms with van der Waals surface area (Å²) in [4.78, 5) is 16.9. The summed E-state index contributed by atoms with van der Waals surface area (Å²) in [6.45, 7) is 2.96. The summed E-state index contributed by atoms with van der Waals surface area (Å²) in [5.74, 6) is 2.20. The van der Waals surface area contributed by atoms with Gasteiger partial charge in [-0.25, -0.2) is 4.98 Å². The van der Waals surface area contributed by atoms with Crippen molar-refractivity contribution in [3.05, 3.63) is 52.9 Å². The molecule has 0 bridgehead atoms. The van der Waals surface area contributed by atoms with E-state index in [1.165, 1.54) is 17.4 Å². The monoisotopic (exact) mass is 438 g/mol. The molecule has 2 aromatic carbocycles. The number of benzene rings is 2. The lowest BCUT2D eigenvalue weighted by Crippen LogP contribution is -2.16. The smallest absolute Gasteiger partial charge is 0.250 e. The molecule has 0 saturated heterocycles. The second-order valence-corrected chi connectivity index (χ2v) is 7.67. The molecule has 31 heavy (non-hydrogen) atoms. The predicted molar refractivity (Wildman–Crippen MR) is 120 cm³/mol. The summed E-state index contributed by atoms with van der Waals surface area (Å²) in [7, 11) is 3.19. The Hall–Kier alpha value is -3.52. The number of rotatable bonds is 6. The second-order valence-electron chi connectivity index (χ2n) is 6.81. The van der Waals surface area contributed by atoms with Gasteiger partial charge in [-0.2, -0.15) is 0 Å². The van der Waals surface area contributed by atoms with E-state index in [-0.39, 0.29) is 5.91 Å². The van der Waals surface area contributed by atoms with Crippen molar-refractivity contribution in [2.45, 2.75) is 6.92 Å². The topological polar surface area (TPSA) is 78.9 Å². The maximum atomic E-state index is 12.4. The van der Waals surface area contributed by atoms with E-state index in [0.717, 1.165) is 28.1 Å². The highest BCUT2D eigenvalue weighted by atomic mass is 32.1. The molecule has 0 aliphatic carbocycles. The molecule has 1 N–H and O–H groups in total. The highest BCUT2D eigenvalue weighted by molar-refractivity contribution is 7.14. The van der Waals surface area contributed by atoms with E-state index < -0.39 is 0 Å². The minimum atomic E-state index is -0.286. The summed E-state index contributed by atoms with van der Waals surface area (Å²) in [6.07, 6.45) is 3.13. The number of aryl methyl sites for hydroxylation is 1. The summed E-state index contributed by atoms with van der Waals surface area (Å²) >= 11 is 1.36. The van der Waals surface area contributed by atoms with Crippen LogP contribution in [-0.2, 0) is 4.79 Å². The lowest BCUT2D eigenvalue weighted by atomic mass is 10.1. The third kappa shape index (κ3) is 4.64. The lowest BCUT2D eigenvalue weighted by molar-refractivity contribution is -0.111. The van der Waals surface area contributed by atoms with Gasteiger partial charge in [0, 0.05) is 17.0 Å². The number of hydrogen-bond donors (Lipinski definition) is 1. The Morgan fingerprint density at radius 3 is 2.74 bits per heavy atom. The van der Waals surface area contributed by atoms with Crippen LogP contribution in [0.2, 0.25) is 0 Å². The molecule has 0 saturated carbocycles. The number of fused-ring (bicyclic) bond motifs is 1. The van der Waals surface area contributed by atoms with Crippen molar-refractivity contribution in [1.29, 1.82) is 0 Å². The highest BCUT2D eigenvalue weighted by Gasteiger charge is 2.18. The van der Waals surface area contributed by atoms with Crippen LogP contribution in [0.4, 0.5) is 5.13 Å². The van der Waals surface area contributed by atoms with Crippen LogP contribution < -0.4 is 24.3 Å². The number of thiazole rings is 1. The predicted octanol–water partition coefficient (Wildman–Crippen LogP) is 4.56. The standard InChI is InChI=1S/C23H22N2O5S/c1-14-4-6-18(27-2)16(10-14)17-13-31-23(24-17)25-21(26)7-5-15-11-19(28-3)22-20(12-15)29-8-9-30-22/h4-7,10-13H,8-9H2,1-3H3,(H,24,25,26)/b7-5+. The fourth-order valence-electron chi connectivity index (χ4n) is 3.19. The molecule has 0 spiro atoms. The van der Waals surface area contributed by atoms with E-state index in [1.807, 2.05) is 36.6 Å². The molecule has 2 heterocycles. The minimum Gasteiger partial charge on any atom is -0.496 e. The Bertz CT molecular complexity index is 1120. The van der Waals surface area contributed by atoms with Crippen molar-refractivity contribution in [3.8, 4) is 34.3 Å².